The Hall–Kier alpha value is -5.93. The molecule has 0 saturated carbocycles. The molecule has 0 radical (unpaired) electrons. The molecule has 2 heterocycles. The molecule has 0 aliphatic carbocycles. The van der Waals surface area contributed by atoms with Gasteiger partial charge in [-0.1, -0.05) is 30.3 Å². The standard InChI is InChI=1S/C34H41N7O9/c1-20-17-29(44)50-27-18-22(11-12-23(20)27)38-30(45)24(9-5-15-37-33(35)36)39-31(46)26-10-6-16-41(26)32(47)25(13-14-28(42)43)40-34(48)49-19-21-7-3-2-4-8-21/h2-4,7-8,11-12,17-18,24-26H,5-6,9-10,13-16,19H2,1H3,(H,38,45)(H,39,46)(H,40,48)(H,42,43)(H4,35,36,37). The number of carboxylic acid groups (broad SMARTS) is 1. The molecule has 3 atom stereocenters. The molecule has 2 aromatic carbocycles. The van der Waals surface area contributed by atoms with E-state index in [2.05, 4.69) is 20.9 Å². The average molecular weight is 692 g/mol. The van der Waals surface area contributed by atoms with E-state index in [0.717, 1.165) is 0 Å². The molecule has 1 aromatic heterocycles. The lowest BCUT2D eigenvalue weighted by molar-refractivity contribution is -0.141. The number of nitrogens with one attached hydrogen (secondary N) is 3. The van der Waals surface area contributed by atoms with Crippen LogP contribution in [-0.4, -0.2) is 77.0 Å². The van der Waals surface area contributed by atoms with E-state index in [1.165, 1.54) is 17.0 Å². The maximum absolute atomic E-state index is 13.7. The molecule has 4 rings (SSSR count). The number of amides is 4. The number of aryl methyl sites for hydroxylation is 1. The van der Waals surface area contributed by atoms with Gasteiger partial charge in [0.25, 0.3) is 0 Å². The van der Waals surface area contributed by atoms with Crippen molar-refractivity contribution in [2.24, 2.45) is 16.5 Å². The summed E-state index contributed by atoms with van der Waals surface area (Å²) in [6.45, 7) is 2.05. The summed E-state index contributed by atoms with van der Waals surface area (Å²) in [4.78, 5) is 82.0. The third kappa shape index (κ3) is 10.5. The summed E-state index contributed by atoms with van der Waals surface area (Å²) in [5, 5.41) is 17.9. The van der Waals surface area contributed by atoms with Crippen LogP contribution in [0, 0.1) is 6.92 Å². The number of anilines is 1. The van der Waals surface area contributed by atoms with Gasteiger partial charge in [-0.15, -0.1) is 0 Å². The second kappa shape index (κ2) is 17.5. The van der Waals surface area contributed by atoms with Crippen molar-refractivity contribution in [2.45, 2.75) is 70.2 Å². The second-order valence-electron chi connectivity index (χ2n) is 11.8. The molecule has 3 aromatic rings. The summed E-state index contributed by atoms with van der Waals surface area (Å²) in [5.41, 5.74) is 12.3. The van der Waals surface area contributed by atoms with E-state index in [1.54, 1.807) is 49.4 Å². The van der Waals surface area contributed by atoms with Crippen molar-refractivity contribution in [2.75, 3.05) is 18.4 Å². The normalized spacial score (nSPS) is 15.1. The first-order valence-electron chi connectivity index (χ1n) is 16.1. The van der Waals surface area contributed by atoms with Crippen molar-refractivity contribution in [3.8, 4) is 0 Å². The number of nitrogens with zero attached hydrogens (tertiary/aromatic N) is 2. The molecule has 0 bridgehead atoms. The second-order valence-corrected chi connectivity index (χ2v) is 11.8. The van der Waals surface area contributed by atoms with Gasteiger partial charge in [0.2, 0.25) is 17.7 Å². The molecule has 1 fully saturated rings. The number of ether oxygens (including phenoxy) is 1. The molecule has 3 unspecified atom stereocenters. The molecule has 1 saturated heterocycles. The lowest BCUT2D eigenvalue weighted by Crippen LogP contribution is -2.55. The van der Waals surface area contributed by atoms with Crippen LogP contribution < -0.4 is 33.0 Å². The Bertz CT molecular complexity index is 1790. The van der Waals surface area contributed by atoms with Gasteiger partial charge in [-0.05, 0) is 62.3 Å². The summed E-state index contributed by atoms with van der Waals surface area (Å²) in [7, 11) is 0. The van der Waals surface area contributed by atoms with E-state index in [9.17, 15) is 33.9 Å². The van der Waals surface area contributed by atoms with Gasteiger partial charge in [-0.25, -0.2) is 9.59 Å². The highest BCUT2D eigenvalue weighted by Gasteiger charge is 2.39. The third-order valence-corrected chi connectivity index (χ3v) is 8.09. The predicted octanol–water partition coefficient (Wildman–Crippen LogP) is 1.73. The van der Waals surface area contributed by atoms with Crippen LogP contribution in [0.15, 0.2) is 68.8 Å². The lowest BCUT2D eigenvalue weighted by atomic mass is 10.1. The number of carboxylic acids is 1. The number of nitrogens with two attached hydrogens (primary N) is 2. The zero-order chi connectivity index (χ0) is 36.2. The molecule has 16 heteroatoms. The Morgan fingerprint density at radius 2 is 1.80 bits per heavy atom. The minimum atomic E-state index is -1.28. The quantitative estimate of drug-likeness (QED) is 0.0579. The number of aliphatic carboxylic acids is 1. The number of carbonyl (C=O) groups is 5. The van der Waals surface area contributed by atoms with Gasteiger partial charge >= 0.3 is 17.7 Å². The number of carbonyl (C=O) groups excluding carboxylic acids is 4. The van der Waals surface area contributed by atoms with E-state index < -0.39 is 60.0 Å². The van der Waals surface area contributed by atoms with Gasteiger partial charge in [-0.2, -0.15) is 0 Å². The van der Waals surface area contributed by atoms with Gasteiger partial charge in [0.05, 0.1) is 0 Å². The number of benzene rings is 2. The topological polar surface area (TPSA) is 249 Å². The Balaban J connectivity index is 1.47. The molecule has 8 N–H and O–H groups in total. The molecule has 1 aliphatic rings. The zero-order valence-electron chi connectivity index (χ0n) is 27.6. The average Bonchev–Trinajstić information content (AvgIpc) is 3.57. The minimum Gasteiger partial charge on any atom is -0.481 e. The Morgan fingerprint density at radius 3 is 2.52 bits per heavy atom. The van der Waals surface area contributed by atoms with Gasteiger partial charge in [0.1, 0.15) is 30.3 Å². The summed E-state index contributed by atoms with van der Waals surface area (Å²) < 4.78 is 10.5. The van der Waals surface area contributed by atoms with Crippen molar-refractivity contribution in [3.05, 3.63) is 76.1 Å². The Kier molecular flexibility index (Phi) is 12.9. The molecule has 50 heavy (non-hydrogen) atoms. The molecule has 16 nitrogen and oxygen atoms in total. The highest BCUT2D eigenvalue weighted by molar-refractivity contribution is 6.00. The van der Waals surface area contributed by atoms with Crippen molar-refractivity contribution < 1.29 is 38.2 Å². The van der Waals surface area contributed by atoms with Crippen LogP contribution >= 0.6 is 0 Å². The maximum Gasteiger partial charge on any atom is 0.408 e. The summed E-state index contributed by atoms with van der Waals surface area (Å²) >= 11 is 0. The Labute approximate surface area is 287 Å². The number of rotatable bonds is 15. The molecular weight excluding hydrogens is 650 g/mol. The van der Waals surface area contributed by atoms with Gasteiger partial charge in [0.15, 0.2) is 5.96 Å². The van der Waals surface area contributed by atoms with Crippen LogP contribution in [0.4, 0.5) is 10.5 Å². The van der Waals surface area contributed by atoms with Crippen LogP contribution in [0.3, 0.4) is 0 Å². The Morgan fingerprint density at radius 1 is 1.04 bits per heavy atom. The predicted molar refractivity (Wildman–Crippen MR) is 183 cm³/mol. The van der Waals surface area contributed by atoms with Crippen LogP contribution in [0.5, 0.6) is 0 Å². The first kappa shape index (κ1) is 36.9. The van der Waals surface area contributed by atoms with Crippen molar-refractivity contribution >= 4 is 52.4 Å². The zero-order valence-corrected chi connectivity index (χ0v) is 27.6. The molecule has 1 aliphatic heterocycles. The van der Waals surface area contributed by atoms with Crippen molar-refractivity contribution in [3.63, 3.8) is 0 Å². The third-order valence-electron chi connectivity index (χ3n) is 8.09. The highest BCUT2D eigenvalue weighted by atomic mass is 16.5. The van der Waals surface area contributed by atoms with Crippen LogP contribution in [0.1, 0.15) is 49.7 Å². The summed E-state index contributed by atoms with van der Waals surface area (Å²) in [5.74, 6) is -3.13. The number of hydrogen-bond acceptors (Lipinski definition) is 9. The molecule has 4 amide bonds. The lowest BCUT2D eigenvalue weighted by Gasteiger charge is -2.29. The summed E-state index contributed by atoms with van der Waals surface area (Å²) in [6, 6.07) is 11.7. The number of aliphatic imine (C=N–C) groups is 1. The van der Waals surface area contributed by atoms with Gasteiger partial charge in [-0.3, -0.25) is 24.2 Å². The fourth-order valence-electron chi connectivity index (χ4n) is 5.61. The van der Waals surface area contributed by atoms with Crippen LogP contribution in [0.25, 0.3) is 11.0 Å². The molecular formula is C34H41N7O9. The largest absolute Gasteiger partial charge is 0.481 e. The summed E-state index contributed by atoms with van der Waals surface area (Å²) in [6.07, 6.45) is -0.395. The number of guanidine groups is 1. The van der Waals surface area contributed by atoms with E-state index >= 15 is 0 Å². The fraction of sp³-hybridized carbons (Fsp3) is 0.382. The first-order chi connectivity index (χ1) is 23.9. The van der Waals surface area contributed by atoms with Crippen LogP contribution in [-0.2, 0) is 30.5 Å². The number of fused-ring (bicyclic) bond motifs is 1. The number of hydrogen-bond donors (Lipinski definition) is 6. The number of alkyl carbamates (subject to hydrolysis) is 1. The van der Waals surface area contributed by atoms with Gasteiger partial charge in [0, 0.05) is 42.7 Å². The van der Waals surface area contributed by atoms with E-state index in [0.29, 0.717) is 35.0 Å². The van der Waals surface area contributed by atoms with Gasteiger partial charge < -0.3 is 46.6 Å². The van der Waals surface area contributed by atoms with Crippen molar-refractivity contribution in [1.82, 2.24) is 15.5 Å². The van der Waals surface area contributed by atoms with Crippen LogP contribution in [0.2, 0.25) is 0 Å². The highest BCUT2D eigenvalue weighted by Crippen LogP contribution is 2.23. The van der Waals surface area contributed by atoms with E-state index in [-0.39, 0.29) is 50.5 Å². The van der Waals surface area contributed by atoms with E-state index in [1.807, 2.05) is 0 Å². The smallest absolute Gasteiger partial charge is 0.408 e. The van der Waals surface area contributed by atoms with E-state index in [4.69, 9.17) is 20.6 Å². The maximum atomic E-state index is 13.7. The fourth-order valence-corrected chi connectivity index (χ4v) is 5.61. The first-order valence-corrected chi connectivity index (χ1v) is 16.1. The number of likely N-dealkylation sites (tertiary alicyclic amines) is 1. The minimum absolute atomic E-state index is 0.0683. The molecule has 266 valence electrons. The molecule has 0 spiro atoms. The van der Waals surface area contributed by atoms with Crippen molar-refractivity contribution in [1.29, 1.82) is 0 Å². The monoisotopic (exact) mass is 691 g/mol. The SMILES string of the molecule is Cc1cc(=O)oc2cc(NC(=O)C(CCCN=C(N)N)NC(=O)C3CCCN3C(=O)C(CCC(=O)O)NC(=O)OCc3ccccc3)ccc12.